The van der Waals surface area contributed by atoms with Crippen LogP contribution in [0, 0.1) is 11.8 Å². The number of rotatable bonds is 7. The minimum atomic E-state index is -0.671. The predicted molar refractivity (Wildman–Crippen MR) is 54.7 cm³/mol. The summed E-state index contributed by atoms with van der Waals surface area (Å²) in [6.07, 6.45) is 4.66. The molecule has 0 aliphatic carbocycles. The summed E-state index contributed by atoms with van der Waals surface area (Å²) in [6, 6.07) is 0. The number of carboxylic acids is 1. The van der Waals surface area contributed by atoms with Gasteiger partial charge in [-0.1, -0.05) is 33.6 Å². The summed E-state index contributed by atoms with van der Waals surface area (Å²) >= 11 is 0. The molecule has 78 valence electrons. The van der Waals surface area contributed by atoms with E-state index in [2.05, 4.69) is 20.8 Å². The summed E-state index contributed by atoms with van der Waals surface area (Å²) in [6.45, 7) is 6.68. The molecule has 0 aromatic heterocycles. The Bertz CT molecular complexity index is 143. The molecule has 2 heteroatoms. The molecule has 0 heterocycles. The smallest absolute Gasteiger partial charge is 0.303 e. The lowest BCUT2D eigenvalue weighted by molar-refractivity contribution is -0.137. The van der Waals surface area contributed by atoms with E-state index in [1.54, 1.807) is 0 Å². The molecule has 0 aromatic rings. The molecule has 13 heavy (non-hydrogen) atoms. The third-order valence-corrected chi connectivity index (χ3v) is 2.59. The molecule has 0 spiro atoms. The number of carbonyl (C=O) groups is 1. The fraction of sp³-hybridized carbons (Fsp3) is 0.909. The van der Waals surface area contributed by atoms with E-state index in [0.717, 1.165) is 18.8 Å². The lowest BCUT2D eigenvalue weighted by Crippen LogP contribution is -2.03. The van der Waals surface area contributed by atoms with E-state index < -0.39 is 5.97 Å². The molecule has 0 aliphatic rings. The van der Waals surface area contributed by atoms with Crippen LogP contribution in [0.1, 0.15) is 52.9 Å². The molecule has 1 N–H and O–H groups in total. The maximum Gasteiger partial charge on any atom is 0.303 e. The van der Waals surface area contributed by atoms with Crippen molar-refractivity contribution < 1.29 is 9.90 Å². The fourth-order valence-electron chi connectivity index (χ4n) is 1.57. The molecule has 2 atom stereocenters. The Labute approximate surface area is 81.3 Å². The Kier molecular flexibility index (Phi) is 6.65. The van der Waals surface area contributed by atoms with Gasteiger partial charge in [0.25, 0.3) is 0 Å². The highest BCUT2D eigenvalue weighted by Gasteiger charge is 2.07. The third-order valence-electron chi connectivity index (χ3n) is 2.59. The summed E-state index contributed by atoms with van der Waals surface area (Å²) < 4.78 is 0. The maximum atomic E-state index is 10.3. The molecule has 0 fully saturated rings. The van der Waals surface area contributed by atoms with Gasteiger partial charge >= 0.3 is 5.97 Å². The first-order valence-corrected chi connectivity index (χ1v) is 5.28. The van der Waals surface area contributed by atoms with Crippen LogP contribution in [0.2, 0.25) is 0 Å². The highest BCUT2D eigenvalue weighted by atomic mass is 16.4. The van der Waals surface area contributed by atoms with E-state index in [1.165, 1.54) is 12.8 Å². The molecule has 2 unspecified atom stereocenters. The summed E-state index contributed by atoms with van der Waals surface area (Å²) in [4.78, 5) is 10.3. The maximum absolute atomic E-state index is 10.3. The Morgan fingerprint density at radius 2 is 1.92 bits per heavy atom. The van der Waals surface area contributed by atoms with Crippen molar-refractivity contribution in [2.75, 3.05) is 0 Å². The minimum Gasteiger partial charge on any atom is -0.481 e. The molecule has 0 bridgehead atoms. The van der Waals surface area contributed by atoms with Gasteiger partial charge in [0, 0.05) is 6.42 Å². The first-order valence-electron chi connectivity index (χ1n) is 5.28. The van der Waals surface area contributed by atoms with Gasteiger partial charge in [0.1, 0.15) is 0 Å². The standard InChI is InChI=1S/C11H22O2/c1-4-9(2)8-10(3)6-5-7-11(12)13/h9-10H,4-8H2,1-3H3,(H,12,13). The number of hydrogen-bond acceptors (Lipinski definition) is 1. The molecule has 0 aromatic carbocycles. The first kappa shape index (κ1) is 12.5. The Balaban J connectivity index is 3.39. The van der Waals surface area contributed by atoms with Gasteiger partial charge in [-0.2, -0.15) is 0 Å². The van der Waals surface area contributed by atoms with E-state index in [-0.39, 0.29) is 0 Å². The molecule has 0 saturated carbocycles. The highest BCUT2D eigenvalue weighted by molar-refractivity contribution is 5.66. The molecule has 0 aliphatic heterocycles. The van der Waals surface area contributed by atoms with Crippen molar-refractivity contribution in [3.63, 3.8) is 0 Å². The lowest BCUT2D eigenvalue weighted by atomic mass is 9.92. The quantitative estimate of drug-likeness (QED) is 0.662. The van der Waals surface area contributed by atoms with Crippen LogP contribution < -0.4 is 0 Å². The van der Waals surface area contributed by atoms with Gasteiger partial charge in [-0.25, -0.2) is 0 Å². The normalized spacial score (nSPS) is 15.3. The lowest BCUT2D eigenvalue weighted by Gasteiger charge is -2.14. The number of carboxylic acid groups (broad SMARTS) is 1. The number of aliphatic carboxylic acids is 1. The van der Waals surface area contributed by atoms with Crippen molar-refractivity contribution in [1.29, 1.82) is 0 Å². The average Bonchev–Trinajstić information content (AvgIpc) is 2.03. The van der Waals surface area contributed by atoms with Gasteiger partial charge in [0.05, 0.1) is 0 Å². The summed E-state index contributed by atoms with van der Waals surface area (Å²) in [5.74, 6) is 0.782. The first-order chi connectivity index (χ1) is 6.06. The van der Waals surface area contributed by atoms with Gasteiger partial charge in [0.15, 0.2) is 0 Å². The van der Waals surface area contributed by atoms with Crippen molar-refractivity contribution in [3.8, 4) is 0 Å². The Hall–Kier alpha value is -0.530. The Morgan fingerprint density at radius 1 is 1.31 bits per heavy atom. The molecule has 0 rings (SSSR count). The van der Waals surface area contributed by atoms with Gasteiger partial charge < -0.3 is 5.11 Å². The monoisotopic (exact) mass is 186 g/mol. The van der Waals surface area contributed by atoms with E-state index >= 15 is 0 Å². The van der Waals surface area contributed by atoms with Crippen LogP contribution >= 0.6 is 0 Å². The Morgan fingerprint density at radius 3 is 2.38 bits per heavy atom. The largest absolute Gasteiger partial charge is 0.481 e. The fourth-order valence-corrected chi connectivity index (χ4v) is 1.57. The summed E-state index contributed by atoms with van der Waals surface area (Å²) in [7, 11) is 0. The van der Waals surface area contributed by atoms with Crippen LogP contribution in [0.4, 0.5) is 0 Å². The van der Waals surface area contributed by atoms with Gasteiger partial charge in [0.2, 0.25) is 0 Å². The van der Waals surface area contributed by atoms with Crippen LogP contribution in [0.3, 0.4) is 0 Å². The molecule has 0 saturated heterocycles. The highest BCUT2D eigenvalue weighted by Crippen LogP contribution is 2.19. The van der Waals surface area contributed by atoms with Crippen LogP contribution in [0.25, 0.3) is 0 Å². The topological polar surface area (TPSA) is 37.3 Å². The second-order valence-corrected chi connectivity index (χ2v) is 4.14. The van der Waals surface area contributed by atoms with Gasteiger partial charge in [-0.3, -0.25) is 4.79 Å². The molecular formula is C11H22O2. The van der Waals surface area contributed by atoms with E-state index in [9.17, 15) is 4.79 Å². The van der Waals surface area contributed by atoms with Crippen molar-refractivity contribution in [2.45, 2.75) is 52.9 Å². The second kappa shape index (κ2) is 6.93. The molecule has 0 amide bonds. The van der Waals surface area contributed by atoms with Crippen molar-refractivity contribution in [1.82, 2.24) is 0 Å². The molecular weight excluding hydrogens is 164 g/mol. The number of hydrogen-bond donors (Lipinski definition) is 1. The summed E-state index contributed by atoms with van der Waals surface area (Å²) in [5, 5.41) is 8.45. The van der Waals surface area contributed by atoms with Crippen molar-refractivity contribution in [2.24, 2.45) is 11.8 Å². The zero-order chi connectivity index (χ0) is 10.3. The van der Waals surface area contributed by atoms with Crippen molar-refractivity contribution >= 4 is 5.97 Å². The van der Waals surface area contributed by atoms with E-state index in [4.69, 9.17) is 5.11 Å². The predicted octanol–water partition coefficient (Wildman–Crippen LogP) is 3.31. The van der Waals surface area contributed by atoms with Crippen LogP contribution in [0.15, 0.2) is 0 Å². The van der Waals surface area contributed by atoms with Crippen LogP contribution in [0.5, 0.6) is 0 Å². The summed E-state index contributed by atoms with van der Waals surface area (Å²) in [5.41, 5.74) is 0. The SMILES string of the molecule is CCC(C)CC(C)CCCC(=O)O. The van der Waals surface area contributed by atoms with Crippen molar-refractivity contribution in [3.05, 3.63) is 0 Å². The minimum absolute atomic E-state index is 0.324. The van der Waals surface area contributed by atoms with Gasteiger partial charge in [-0.15, -0.1) is 0 Å². The zero-order valence-electron chi connectivity index (χ0n) is 9.05. The molecule has 0 radical (unpaired) electrons. The molecule has 2 nitrogen and oxygen atoms in total. The van der Waals surface area contributed by atoms with Crippen LogP contribution in [-0.4, -0.2) is 11.1 Å². The van der Waals surface area contributed by atoms with Gasteiger partial charge in [-0.05, 0) is 24.7 Å². The zero-order valence-corrected chi connectivity index (χ0v) is 9.05. The van der Waals surface area contributed by atoms with E-state index in [1.807, 2.05) is 0 Å². The third kappa shape index (κ3) is 7.82. The second-order valence-electron chi connectivity index (χ2n) is 4.14. The van der Waals surface area contributed by atoms with E-state index in [0.29, 0.717) is 12.3 Å². The van der Waals surface area contributed by atoms with Crippen LogP contribution in [-0.2, 0) is 4.79 Å². The average molecular weight is 186 g/mol.